The molecule has 0 atom stereocenters. The van der Waals surface area contributed by atoms with E-state index in [2.05, 4.69) is 11.2 Å². The van der Waals surface area contributed by atoms with Crippen LogP contribution >= 0.6 is 0 Å². The first-order chi connectivity index (χ1) is 3.84. The molecule has 0 aliphatic heterocycles. The summed E-state index contributed by atoms with van der Waals surface area (Å²) in [6.07, 6.45) is 4.22. The van der Waals surface area contributed by atoms with Crippen molar-refractivity contribution in [1.82, 2.24) is 9.55 Å². The third-order valence-electron chi connectivity index (χ3n) is 1.00. The monoisotopic (exact) mass is 111 g/mol. The second-order valence-corrected chi connectivity index (χ2v) is 1.57. The summed E-state index contributed by atoms with van der Waals surface area (Å²) in [5, 5.41) is 8.52. The molecular formula is C5H7N2O. The van der Waals surface area contributed by atoms with Gasteiger partial charge in [0.15, 0.2) is 0 Å². The summed E-state index contributed by atoms with van der Waals surface area (Å²) >= 11 is 0. The molecule has 1 N–H and O–H groups in total. The number of aryl methyl sites for hydroxylation is 1. The van der Waals surface area contributed by atoms with E-state index < -0.39 is 0 Å². The molecule has 0 aliphatic carbocycles. The van der Waals surface area contributed by atoms with Crippen molar-refractivity contribution < 1.29 is 5.11 Å². The van der Waals surface area contributed by atoms with Gasteiger partial charge in [0.25, 0.3) is 0 Å². The highest BCUT2D eigenvalue weighted by molar-refractivity contribution is 4.92. The Bertz CT molecular complexity index is 171. The van der Waals surface area contributed by atoms with E-state index in [1.54, 1.807) is 10.9 Å². The minimum atomic E-state index is 0.0104. The van der Waals surface area contributed by atoms with Crippen molar-refractivity contribution in [2.24, 2.45) is 7.05 Å². The molecule has 8 heavy (non-hydrogen) atoms. The fourth-order valence-electron chi connectivity index (χ4n) is 0.485. The maximum absolute atomic E-state index is 8.52. The minimum Gasteiger partial charge on any atom is -0.390 e. The quantitative estimate of drug-likeness (QED) is 0.541. The molecular weight excluding hydrogens is 104 g/mol. The number of rotatable bonds is 1. The Morgan fingerprint density at radius 2 is 2.75 bits per heavy atom. The van der Waals surface area contributed by atoms with Gasteiger partial charge in [0.2, 0.25) is 0 Å². The standard InChI is InChI=1S/C5H7N2O/c1-7-4-6-2-5(7)3-8/h4,8H,3H2,1H3. The Morgan fingerprint density at radius 3 is 3.00 bits per heavy atom. The van der Waals surface area contributed by atoms with Gasteiger partial charge in [-0.05, 0) is 0 Å². The van der Waals surface area contributed by atoms with Crippen molar-refractivity contribution in [2.75, 3.05) is 0 Å². The number of aliphatic hydroxyl groups is 1. The van der Waals surface area contributed by atoms with Crippen LogP contribution in [0.5, 0.6) is 0 Å². The van der Waals surface area contributed by atoms with Crippen LogP contribution in [0.2, 0.25) is 0 Å². The average molecular weight is 111 g/mol. The number of imidazole rings is 1. The Hall–Kier alpha value is -0.830. The first kappa shape index (κ1) is 5.31. The Morgan fingerprint density at radius 1 is 2.00 bits per heavy atom. The van der Waals surface area contributed by atoms with Crippen molar-refractivity contribution in [3.8, 4) is 0 Å². The number of hydrogen-bond acceptors (Lipinski definition) is 2. The third kappa shape index (κ3) is 0.721. The summed E-state index contributed by atoms with van der Waals surface area (Å²) in [6, 6.07) is 0. The average Bonchev–Trinajstić information content (AvgIpc) is 2.14. The highest BCUT2D eigenvalue weighted by Crippen LogP contribution is 1.91. The first-order valence-corrected chi connectivity index (χ1v) is 2.33. The Labute approximate surface area is 47.6 Å². The van der Waals surface area contributed by atoms with Gasteiger partial charge in [0.1, 0.15) is 6.20 Å². The van der Waals surface area contributed by atoms with Crippen molar-refractivity contribution in [2.45, 2.75) is 6.61 Å². The molecule has 1 aromatic heterocycles. The number of aliphatic hydroxyl groups excluding tert-OH is 1. The predicted octanol–water partition coefficient (Wildman–Crippen LogP) is -0.287. The molecule has 0 unspecified atom stereocenters. The summed E-state index contributed by atoms with van der Waals surface area (Å²) in [5.74, 6) is 0. The van der Waals surface area contributed by atoms with Crippen LogP contribution in [0.15, 0.2) is 6.33 Å². The molecule has 0 bridgehead atoms. The molecule has 1 rings (SSSR count). The molecule has 43 valence electrons. The largest absolute Gasteiger partial charge is 0.390 e. The van der Waals surface area contributed by atoms with Gasteiger partial charge in [-0.2, -0.15) is 0 Å². The zero-order valence-corrected chi connectivity index (χ0v) is 4.63. The van der Waals surface area contributed by atoms with Crippen LogP contribution in [-0.2, 0) is 13.7 Å². The predicted molar refractivity (Wildman–Crippen MR) is 28.0 cm³/mol. The normalized spacial score (nSPS) is 9.75. The second-order valence-electron chi connectivity index (χ2n) is 1.57. The topological polar surface area (TPSA) is 38.0 Å². The Kier molecular flexibility index (Phi) is 1.30. The van der Waals surface area contributed by atoms with Gasteiger partial charge in [0, 0.05) is 7.05 Å². The van der Waals surface area contributed by atoms with Crippen LogP contribution in [0.25, 0.3) is 0 Å². The zero-order chi connectivity index (χ0) is 5.98. The molecule has 3 heteroatoms. The molecule has 0 aromatic carbocycles. The second kappa shape index (κ2) is 1.96. The van der Waals surface area contributed by atoms with Gasteiger partial charge in [-0.25, -0.2) is 4.98 Å². The number of nitrogens with zero attached hydrogens (tertiary/aromatic N) is 2. The van der Waals surface area contributed by atoms with E-state index in [1.807, 2.05) is 7.05 Å². The summed E-state index contributed by atoms with van der Waals surface area (Å²) in [4.78, 5) is 3.67. The van der Waals surface area contributed by atoms with Gasteiger partial charge in [-0.15, -0.1) is 0 Å². The number of hydrogen-bond donors (Lipinski definition) is 1. The molecule has 0 saturated heterocycles. The van der Waals surface area contributed by atoms with Crippen molar-refractivity contribution in [3.63, 3.8) is 0 Å². The fraction of sp³-hybridized carbons (Fsp3) is 0.400. The van der Waals surface area contributed by atoms with E-state index in [0.717, 1.165) is 0 Å². The van der Waals surface area contributed by atoms with Crippen molar-refractivity contribution >= 4 is 0 Å². The summed E-state index contributed by atoms with van der Waals surface area (Å²) in [5.41, 5.74) is 0.713. The van der Waals surface area contributed by atoms with E-state index in [-0.39, 0.29) is 6.61 Å². The lowest BCUT2D eigenvalue weighted by molar-refractivity contribution is 0.272. The molecule has 0 fully saturated rings. The molecule has 0 amide bonds. The van der Waals surface area contributed by atoms with Crippen LogP contribution in [0.4, 0.5) is 0 Å². The van der Waals surface area contributed by atoms with E-state index >= 15 is 0 Å². The van der Waals surface area contributed by atoms with E-state index in [0.29, 0.717) is 5.69 Å². The van der Waals surface area contributed by atoms with Crippen LogP contribution in [0.1, 0.15) is 5.69 Å². The lowest BCUT2D eigenvalue weighted by Crippen LogP contribution is -1.92. The fourth-order valence-corrected chi connectivity index (χ4v) is 0.485. The zero-order valence-electron chi connectivity index (χ0n) is 4.63. The maximum Gasteiger partial charge on any atom is 0.114 e. The number of aromatic nitrogens is 2. The van der Waals surface area contributed by atoms with Crippen molar-refractivity contribution in [1.29, 1.82) is 0 Å². The van der Waals surface area contributed by atoms with Gasteiger partial charge >= 0.3 is 0 Å². The molecule has 1 radical (unpaired) electrons. The molecule has 1 heterocycles. The smallest absolute Gasteiger partial charge is 0.114 e. The van der Waals surface area contributed by atoms with Crippen LogP contribution < -0.4 is 0 Å². The van der Waals surface area contributed by atoms with Gasteiger partial charge < -0.3 is 9.67 Å². The first-order valence-electron chi connectivity index (χ1n) is 2.33. The van der Waals surface area contributed by atoms with Gasteiger partial charge in [-0.3, -0.25) is 0 Å². The summed E-state index contributed by atoms with van der Waals surface area (Å²) < 4.78 is 1.72. The van der Waals surface area contributed by atoms with Crippen LogP contribution in [-0.4, -0.2) is 14.7 Å². The van der Waals surface area contributed by atoms with Crippen molar-refractivity contribution in [3.05, 3.63) is 18.2 Å². The lowest BCUT2D eigenvalue weighted by Gasteiger charge is -1.91. The summed E-state index contributed by atoms with van der Waals surface area (Å²) in [6.45, 7) is 0.0104. The van der Waals surface area contributed by atoms with E-state index in [4.69, 9.17) is 5.11 Å². The molecule has 0 saturated carbocycles. The highest BCUT2D eigenvalue weighted by Gasteiger charge is 1.92. The highest BCUT2D eigenvalue weighted by atomic mass is 16.3. The van der Waals surface area contributed by atoms with E-state index in [9.17, 15) is 0 Å². The van der Waals surface area contributed by atoms with Crippen LogP contribution in [0, 0.1) is 6.20 Å². The minimum absolute atomic E-state index is 0.0104. The SMILES string of the molecule is Cn1cn[c]c1CO. The van der Waals surface area contributed by atoms with Crippen LogP contribution in [0.3, 0.4) is 0 Å². The van der Waals surface area contributed by atoms with Gasteiger partial charge in [-0.1, -0.05) is 0 Å². The Balaban J connectivity index is 2.92. The van der Waals surface area contributed by atoms with E-state index in [1.165, 1.54) is 0 Å². The molecule has 1 aromatic rings. The molecule has 0 aliphatic rings. The maximum atomic E-state index is 8.52. The lowest BCUT2D eigenvalue weighted by atomic mass is 10.5. The van der Waals surface area contributed by atoms with Gasteiger partial charge in [0.05, 0.1) is 18.6 Å². The summed E-state index contributed by atoms with van der Waals surface area (Å²) in [7, 11) is 1.81. The third-order valence-corrected chi connectivity index (χ3v) is 1.00. The molecule has 0 spiro atoms. The molecule has 3 nitrogen and oxygen atoms in total.